The minimum atomic E-state index is -0.529. The lowest BCUT2D eigenvalue weighted by Crippen LogP contribution is -2.15. The Balaban J connectivity index is 1.92. The summed E-state index contributed by atoms with van der Waals surface area (Å²) in [7, 11) is 1.70. The second-order valence-electron chi connectivity index (χ2n) is 3.58. The SMILES string of the molecule is Cn1nnc(CC(O)Cc2ccccn2)n1. The van der Waals surface area contributed by atoms with Gasteiger partial charge in [0.2, 0.25) is 0 Å². The van der Waals surface area contributed by atoms with Crippen molar-refractivity contribution in [3.8, 4) is 0 Å². The highest BCUT2D eigenvalue weighted by molar-refractivity contribution is 5.05. The predicted octanol–water partition coefficient (Wildman–Crippen LogP) is -0.249. The Bertz CT molecular complexity index is 441. The van der Waals surface area contributed by atoms with Crippen LogP contribution in [0.15, 0.2) is 24.4 Å². The number of nitrogens with zero attached hydrogens (tertiary/aromatic N) is 5. The topological polar surface area (TPSA) is 76.7 Å². The number of aryl methyl sites for hydroxylation is 1. The lowest BCUT2D eigenvalue weighted by molar-refractivity contribution is 0.171. The largest absolute Gasteiger partial charge is 0.392 e. The molecule has 6 heteroatoms. The van der Waals surface area contributed by atoms with Crippen molar-refractivity contribution in [3.63, 3.8) is 0 Å². The Morgan fingerprint density at radius 3 is 2.88 bits per heavy atom. The van der Waals surface area contributed by atoms with Gasteiger partial charge in [-0.05, 0) is 17.3 Å². The number of hydrogen-bond acceptors (Lipinski definition) is 5. The van der Waals surface area contributed by atoms with Crippen LogP contribution in [0.3, 0.4) is 0 Å². The van der Waals surface area contributed by atoms with Gasteiger partial charge < -0.3 is 5.11 Å². The summed E-state index contributed by atoms with van der Waals surface area (Å²) in [5.41, 5.74) is 0.860. The summed E-state index contributed by atoms with van der Waals surface area (Å²) in [5.74, 6) is 0.547. The second-order valence-corrected chi connectivity index (χ2v) is 3.58. The predicted molar refractivity (Wildman–Crippen MR) is 56.4 cm³/mol. The molecular weight excluding hydrogens is 206 g/mol. The fourth-order valence-corrected chi connectivity index (χ4v) is 1.45. The average Bonchev–Trinajstić information content (AvgIpc) is 2.65. The Morgan fingerprint density at radius 1 is 1.38 bits per heavy atom. The molecule has 0 aliphatic rings. The summed E-state index contributed by atoms with van der Waals surface area (Å²) in [6.07, 6.45) is 2.07. The highest BCUT2D eigenvalue weighted by Gasteiger charge is 2.10. The van der Waals surface area contributed by atoms with Gasteiger partial charge in [0.15, 0.2) is 5.82 Å². The van der Waals surface area contributed by atoms with Crippen LogP contribution in [0.5, 0.6) is 0 Å². The van der Waals surface area contributed by atoms with E-state index >= 15 is 0 Å². The first-order valence-corrected chi connectivity index (χ1v) is 5.05. The molecule has 0 aromatic carbocycles. The van der Waals surface area contributed by atoms with Crippen molar-refractivity contribution in [2.75, 3.05) is 0 Å². The van der Waals surface area contributed by atoms with Gasteiger partial charge in [0.05, 0.1) is 13.2 Å². The maximum Gasteiger partial charge on any atom is 0.177 e. The molecule has 0 aliphatic heterocycles. The molecule has 84 valence electrons. The molecule has 0 radical (unpaired) electrons. The zero-order valence-electron chi connectivity index (χ0n) is 8.98. The zero-order valence-corrected chi connectivity index (χ0v) is 8.98. The molecule has 2 rings (SSSR count). The van der Waals surface area contributed by atoms with E-state index in [1.54, 1.807) is 13.2 Å². The maximum absolute atomic E-state index is 9.81. The number of tetrazole rings is 1. The fraction of sp³-hybridized carbons (Fsp3) is 0.400. The van der Waals surface area contributed by atoms with E-state index in [0.717, 1.165) is 5.69 Å². The van der Waals surface area contributed by atoms with E-state index in [1.165, 1.54) is 4.80 Å². The van der Waals surface area contributed by atoms with E-state index in [1.807, 2.05) is 18.2 Å². The van der Waals surface area contributed by atoms with Crippen molar-refractivity contribution in [1.82, 2.24) is 25.2 Å². The number of hydrogen-bond donors (Lipinski definition) is 1. The molecule has 2 aromatic rings. The van der Waals surface area contributed by atoms with Gasteiger partial charge in [-0.25, -0.2) is 0 Å². The molecule has 2 heterocycles. The molecule has 0 fully saturated rings. The quantitative estimate of drug-likeness (QED) is 0.767. The molecule has 2 aromatic heterocycles. The number of aromatic nitrogens is 5. The van der Waals surface area contributed by atoms with Gasteiger partial charge in [-0.1, -0.05) is 6.07 Å². The summed E-state index contributed by atoms with van der Waals surface area (Å²) < 4.78 is 0. The highest BCUT2D eigenvalue weighted by atomic mass is 16.3. The third kappa shape index (κ3) is 2.83. The molecule has 0 saturated heterocycles. The van der Waals surface area contributed by atoms with Crippen LogP contribution in [0, 0.1) is 0 Å². The third-order valence-electron chi connectivity index (χ3n) is 2.14. The van der Waals surface area contributed by atoms with Crippen molar-refractivity contribution in [2.45, 2.75) is 18.9 Å². The minimum Gasteiger partial charge on any atom is -0.392 e. The van der Waals surface area contributed by atoms with Crippen molar-refractivity contribution in [1.29, 1.82) is 0 Å². The highest BCUT2D eigenvalue weighted by Crippen LogP contribution is 2.03. The van der Waals surface area contributed by atoms with Crippen molar-refractivity contribution < 1.29 is 5.11 Å². The molecule has 0 spiro atoms. The van der Waals surface area contributed by atoms with Crippen LogP contribution in [-0.4, -0.2) is 36.4 Å². The minimum absolute atomic E-state index is 0.393. The van der Waals surface area contributed by atoms with Gasteiger partial charge in [0, 0.05) is 24.7 Å². The standard InChI is InChI=1S/C10H13N5O/c1-15-13-10(12-14-15)7-9(16)6-8-4-2-3-5-11-8/h2-5,9,16H,6-7H2,1H3. The fourth-order valence-electron chi connectivity index (χ4n) is 1.45. The van der Waals surface area contributed by atoms with E-state index in [0.29, 0.717) is 18.7 Å². The van der Waals surface area contributed by atoms with Crippen molar-refractivity contribution in [2.24, 2.45) is 7.05 Å². The van der Waals surface area contributed by atoms with E-state index in [9.17, 15) is 5.11 Å². The monoisotopic (exact) mass is 219 g/mol. The van der Waals surface area contributed by atoms with Gasteiger partial charge in [-0.15, -0.1) is 10.2 Å². The summed E-state index contributed by atoms with van der Waals surface area (Å²) in [4.78, 5) is 5.52. The summed E-state index contributed by atoms with van der Waals surface area (Å²) >= 11 is 0. The van der Waals surface area contributed by atoms with Crippen LogP contribution in [0.1, 0.15) is 11.5 Å². The first-order valence-electron chi connectivity index (χ1n) is 5.05. The van der Waals surface area contributed by atoms with Crippen LogP contribution < -0.4 is 0 Å². The second kappa shape index (κ2) is 4.80. The van der Waals surface area contributed by atoms with Crippen molar-refractivity contribution in [3.05, 3.63) is 35.9 Å². The van der Waals surface area contributed by atoms with E-state index in [2.05, 4.69) is 20.4 Å². The molecule has 1 N–H and O–H groups in total. The Kier molecular flexibility index (Phi) is 3.21. The summed E-state index contributed by atoms with van der Waals surface area (Å²) in [5, 5.41) is 21.3. The van der Waals surface area contributed by atoms with Crippen LogP contribution in [0.4, 0.5) is 0 Å². The third-order valence-corrected chi connectivity index (χ3v) is 2.14. The molecule has 0 amide bonds. The Hall–Kier alpha value is -1.82. The van der Waals surface area contributed by atoms with E-state index in [4.69, 9.17) is 0 Å². The normalized spacial score (nSPS) is 12.6. The lowest BCUT2D eigenvalue weighted by atomic mass is 10.1. The lowest BCUT2D eigenvalue weighted by Gasteiger charge is -2.06. The number of aliphatic hydroxyl groups excluding tert-OH is 1. The van der Waals surface area contributed by atoms with Gasteiger partial charge in [0.25, 0.3) is 0 Å². The molecule has 6 nitrogen and oxygen atoms in total. The molecule has 0 bridgehead atoms. The van der Waals surface area contributed by atoms with Crippen LogP contribution in [0.25, 0.3) is 0 Å². The molecule has 16 heavy (non-hydrogen) atoms. The number of rotatable bonds is 4. The van der Waals surface area contributed by atoms with Crippen LogP contribution >= 0.6 is 0 Å². The Morgan fingerprint density at radius 2 is 2.25 bits per heavy atom. The number of pyridine rings is 1. The summed E-state index contributed by atoms with van der Waals surface area (Å²) in [6, 6.07) is 5.63. The van der Waals surface area contributed by atoms with Gasteiger partial charge in [-0.2, -0.15) is 4.80 Å². The van der Waals surface area contributed by atoms with Gasteiger partial charge >= 0.3 is 0 Å². The molecule has 0 saturated carbocycles. The zero-order chi connectivity index (χ0) is 11.4. The molecule has 0 aliphatic carbocycles. The molecule has 1 unspecified atom stereocenters. The maximum atomic E-state index is 9.81. The summed E-state index contributed by atoms with van der Waals surface area (Å²) in [6.45, 7) is 0. The first-order chi connectivity index (χ1) is 7.74. The van der Waals surface area contributed by atoms with Crippen LogP contribution in [0.2, 0.25) is 0 Å². The van der Waals surface area contributed by atoms with Gasteiger partial charge in [-0.3, -0.25) is 4.98 Å². The smallest absolute Gasteiger partial charge is 0.177 e. The van der Waals surface area contributed by atoms with E-state index in [-0.39, 0.29) is 0 Å². The first kappa shape index (κ1) is 10.7. The van der Waals surface area contributed by atoms with E-state index < -0.39 is 6.10 Å². The average molecular weight is 219 g/mol. The van der Waals surface area contributed by atoms with Crippen molar-refractivity contribution >= 4 is 0 Å². The van der Waals surface area contributed by atoms with Gasteiger partial charge in [0.1, 0.15) is 0 Å². The molecule has 1 atom stereocenters. The number of aliphatic hydroxyl groups is 1. The van der Waals surface area contributed by atoms with Crippen LogP contribution in [-0.2, 0) is 19.9 Å². The molecular formula is C10H13N5O. The Labute approximate surface area is 92.9 Å².